The lowest BCUT2D eigenvalue weighted by molar-refractivity contribution is 0.0680. The highest BCUT2D eigenvalue weighted by Crippen LogP contribution is 2.30. The summed E-state index contributed by atoms with van der Waals surface area (Å²) in [4.78, 5) is 0. The van der Waals surface area contributed by atoms with Gasteiger partial charge in [-0.05, 0) is 80.2 Å². The van der Waals surface area contributed by atoms with Crippen LogP contribution in [0.4, 0.5) is 0 Å². The van der Waals surface area contributed by atoms with Gasteiger partial charge in [0.25, 0.3) is 0 Å². The highest BCUT2D eigenvalue weighted by molar-refractivity contribution is 5.68. The number of benzene rings is 1. The van der Waals surface area contributed by atoms with Crippen LogP contribution >= 0.6 is 0 Å². The van der Waals surface area contributed by atoms with Crippen LogP contribution in [-0.4, -0.2) is 33.1 Å². The Kier molecular flexibility index (Phi) is 12.3. The maximum absolute atomic E-state index is 10.2. The fraction of sp³-hybridized carbons (Fsp3) is 0.613. The molecule has 1 fully saturated rings. The lowest BCUT2D eigenvalue weighted by atomic mass is 9.85. The maximum Gasteiger partial charge on any atom is 0.0811 e. The van der Waals surface area contributed by atoms with Crippen molar-refractivity contribution in [1.82, 2.24) is 0 Å². The summed E-state index contributed by atoms with van der Waals surface area (Å²) in [5.74, 6) is 0. The normalized spacial score (nSPS) is 20.8. The quantitative estimate of drug-likeness (QED) is 0.251. The van der Waals surface area contributed by atoms with E-state index in [1.165, 1.54) is 48.8 Å². The van der Waals surface area contributed by atoms with Gasteiger partial charge in [-0.25, -0.2) is 0 Å². The first-order valence-electron chi connectivity index (χ1n) is 13.5. The van der Waals surface area contributed by atoms with Gasteiger partial charge in [0, 0.05) is 6.42 Å². The topological polar surface area (TPSA) is 60.7 Å². The molecule has 0 bridgehead atoms. The largest absolute Gasteiger partial charge is 0.393 e. The zero-order valence-electron chi connectivity index (χ0n) is 21.9. The number of unbranched alkanes of at least 4 members (excludes halogenated alkanes) is 6. The van der Waals surface area contributed by atoms with Crippen LogP contribution in [0.5, 0.6) is 0 Å². The number of hydrogen-bond acceptors (Lipinski definition) is 3. The van der Waals surface area contributed by atoms with Crippen molar-refractivity contribution in [1.29, 1.82) is 0 Å². The van der Waals surface area contributed by atoms with Crippen molar-refractivity contribution < 1.29 is 15.3 Å². The molecule has 1 saturated carbocycles. The van der Waals surface area contributed by atoms with Crippen LogP contribution in [0.1, 0.15) is 109 Å². The van der Waals surface area contributed by atoms with Crippen LogP contribution in [0.25, 0.3) is 5.57 Å². The molecule has 0 radical (unpaired) electrons. The summed E-state index contributed by atoms with van der Waals surface area (Å²) in [6.45, 7) is 10.1. The number of aryl methyl sites for hydroxylation is 1. The van der Waals surface area contributed by atoms with Crippen LogP contribution < -0.4 is 0 Å². The molecule has 1 aromatic carbocycles. The van der Waals surface area contributed by atoms with Gasteiger partial charge in [0.05, 0.1) is 17.8 Å². The van der Waals surface area contributed by atoms with Crippen LogP contribution in [0.2, 0.25) is 0 Å². The Morgan fingerprint density at radius 3 is 2.53 bits per heavy atom. The average molecular weight is 469 g/mol. The van der Waals surface area contributed by atoms with Gasteiger partial charge in [-0.3, -0.25) is 0 Å². The van der Waals surface area contributed by atoms with Crippen molar-refractivity contribution >= 4 is 5.57 Å². The van der Waals surface area contributed by atoms with E-state index in [0.29, 0.717) is 12.8 Å². The lowest BCUT2D eigenvalue weighted by Crippen LogP contribution is -2.26. The molecule has 3 heteroatoms. The van der Waals surface area contributed by atoms with Crippen molar-refractivity contribution in [2.24, 2.45) is 0 Å². The van der Waals surface area contributed by atoms with Crippen molar-refractivity contribution in [3.63, 3.8) is 0 Å². The Bertz CT molecular complexity index is 812. The van der Waals surface area contributed by atoms with Gasteiger partial charge in [0.15, 0.2) is 0 Å². The summed E-state index contributed by atoms with van der Waals surface area (Å²) in [6, 6.07) is 8.90. The van der Waals surface area contributed by atoms with Gasteiger partial charge in [0.2, 0.25) is 0 Å². The van der Waals surface area contributed by atoms with E-state index in [-0.39, 0.29) is 0 Å². The summed E-state index contributed by atoms with van der Waals surface area (Å²) in [5, 5.41) is 30.2. The zero-order valence-corrected chi connectivity index (χ0v) is 21.9. The van der Waals surface area contributed by atoms with E-state index >= 15 is 0 Å². The minimum atomic E-state index is -0.652. The van der Waals surface area contributed by atoms with Gasteiger partial charge in [-0.15, -0.1) is 0 Å². The van der Waals surface area contributed by atoms with E-state index in [4.69, 9.17) is 0 Å². The molecule has 0 aromatic heterocycles. The molecular weight excluding hydrogens is 420 g/mol. The van der Waals surface area contributed by atoms with E-state index < -0.39 is 17.8 Å². The van der Waals surface area contributed by atoms with E-state index in [9.17, 15) is 15.3 Å². The minimum absolute atomic E-state index is 0.377. The molecule has 190 valence electrons. The van der Waals surface area contributed by atoms with Crippen LogP contribution in [0, 0.1) is 0 Å². The Hall–Kier alpha value is -1.68. The predicted octanol–water partition coefficient (Wildman–Crippen LogP) is 7.30. The monoisotopic (exact) mass is 468 g/mol. The SMILES string of the molecule is C=C1/C(=C\C=C(\CCCCCCC)c2cccc(CCCCCC(C)(C)O)c2)C[C@@H](O)C[C@@H]1O. The maximum atomic E-state index is 10.2. The molecule has 0 amide bonds. The molecule has 0 unspecified atom stereocenters. The van der Waals surface area contributed by atoms with Crippen molar-refractivity contribution in [2.75, 3.05) is 0 Å². The smallest absolute Gasteiger partial charge is 0.0811 e. The molecule has 2 rings (SSSR count). The summed E-state index contributed by atoms with van der Waals surface area (Å²) in [5.41, 5.74) is 5.07. The first-order valence-corrected chi connectivity index (χ1v) is 13.5. The first-order chi connectivity index (χ1) is 16.2. The third-order valence-electron chi connectivity index (χ3n) is 6.85. The van der Waals surface area contributed by atoms with Crippen LogP contribution in [-0.2, 0) is 6.42 Å². The van der Waals surface area contributed by atoms with Gasteiger partial charge in [-0.1, -0.05) is 88.4 Å². The summed E-state index contributed by atoms with van der Waals surface area (Å²) >= 11 is 0. The molecule has 0 heterocycles. The van der Waals surface area contributed by atoms with Gasteiger partial charge in [0.1, 0.15) is 0 Å². The first kappa shape index (κ1) is 28.6. The predicted molar refractivity (Wildman–Crippen MR) is 145 cm³/mol. The number of aliphatic hydroxyl groups is 3. The minimum Gasteiger partial charge on any atom is -0.393 e. The highest BCUT2D eigenvalue weighted by Gasteiger charge is 2.24. The van der Waals surface area contributed by atoms with Crippen LogP contribution in [0.15, 0.2) is 54.1 Å². The number of aliphatic hydroxyl groups excluding tert-OH is 2. The number of rotatable bonds is 14. The molecule has 0 spiro atoms. The van der Waals surface area contributed by atoms with E-state index in [0.717, 1.165) is 49.7 Å². The van der Waals surface area contributed by atoms with Gasteiger partial charge < -0.3 is 15.3 Å². The Labute approximate surface area is 208 Å². The van der Waals surface area contributed by atoms with Crippen molar-refractivity contribution in [3.05, 3.63) is 65.3 Å². The molecular formula is C31H48O3. The molecule has 3 nitrogen and oxygen atoms in total. The van der Waals surface area contributed by atoms with Gasteiger partial charge >= 0.3 is 0 Å². The molecule has 2 atom stereocenters. The lowest BCUT2D eigenvalue weighted by Gasteiger charge is -2.26. The van der Waals surface area contributed by atoms with Crippen molar-refractivity contribution in [2.45, 2.75) is 122 Å². The van der Waals surface area contributed by atoms with E-state index in [2.05, 4.69) is 49.9 Å². The Balaban J connectivity index is 2.10. The second kappa shape index (κ2) is 14.7. The van der Waals surface area contributed by atoms with Crippen LogP contribution in [0.3, 0.4) is 0 Å². The van der Waals surface area contributed by atoms with E-state index in [1.54, 1.807) is 0 Å². The summed E-state index contributed by atoms with van der Waals surface area (Å²) in [6.07, 6.45) is 16.5. The third-order valence-corrected chi connectivity index (χ3v) is 6.85. The Morgan fingerprint density at radius 2 is 1.79 bits per heavy atom. The summed E-state index contributed by atoms with van der Waals surface area (Å²) in [7, 11) is 0. The molecule has 1 aliphatic rings. The fourth-order valence-electron chi connectivity index (χ4n) is 4.69. The molecule has 1 aliphatic carbocycles. The highest BCUT2D eigenvalue weighted by atomic mass is 16.3. The summed E-state index contributed by atoms with van der Waals surface area (Å²) < 4.78 is 0. The number of allylic oxidation sites excluding steroid dienone is 3. The second-order valence-electron chi connectivity index (χ2n) is 10.8. The number of hydrogen-bond donors (Lipinski definition) is 3. The Morgan fingerprint density at radius 1 is 1.06 bits per heavy atom. The zero-order chi connectivity index (χ0) is 25.0. The third kappa shape index (κ3) is 10.7. The standard InChI is InChI=1S/C31H48O3/c1-5-6-7-8-11-16-26(18-19-27-22-29(32)23-30(33)24(27)2)28-17-13-15-25(21-28)14-10-9-12-20-31(3,4)34/h13,15,17-19,21,29-30,32-34H,2,5-12,14,16,20,22-23H2,1,3-4H3/b26-18-,27-19-/t29-,30+/m1/s1. The molecule has 0 saturated heterocycles. The van der Waals surface area contributed by atoms with E-state index in [1.807, 2.05) is 13.8 Å². The fourth-order valence-corrected chi connectivity index (χ4v) is 4.69. The molecule has 3 N–H and O–H groups in total. The molecule has 0 aliphatic heterocycles. The molecule has 1 aromatic rings. The second-order valence-corrected chi connectivity index (χ2v) is 10.8. The molecule has 34 heavy (non-hydrogen) atoms. The van der Waals surface area contributed by atoms with Crippen molar-refractivity contribution in [3.8, 4) is 0 Å². The average Bonchev–Trinajstić information content (AvgIpc) is 2.78. The van der Waals surface area contributed by atoms with Gasteiger partial charge in [-0.2, -0.15) is 0 Å².